The fourth-order valence-corrected chi connectivity index (χ4v) is 3.95. The van der Waals surface area contributed by atoms with Crippen LogP contribution in [0.1, 0.15) is 80.6 Å². The van der Waals surface area contributed by atoms with Crippen LogP contribution in [0.3, 0.4) is 0 Å². The minimum Gasteiger partial charge on any atom is -0.494 e. The van der Waals surface area contributed by atoms with Crippen molar-refractivity contribution in [2.75, 3.05) is 18.5 Å². The monoisotopic (exact) mass is 479 g/mol. The van der Waals surface area contributed by atoms with Gasteiger partial charge in [-0.1, -0.05) is 63.1 Å². The van der Waals surface area contributed by atoms with Crippen LogP contribution in [0.25, 0.3) is 0 Å². The van der Waals surface area contributed by atoms with E-state index in [0.717, 1.165) is 12.2 Å². The Balaban J connectivity index is 1.25. The first kappa shape index (κ1) is 24.5. The number of ether oxygens (including phenoxy) is 3. The lowest BCUT2D eigenvalue weighted by atomic mass is 10.1. The van der Waals surface area contributed by atoms with Crippen molar-refractivity contribution in [3.05, 3.63) is 53.9 Å². The first-order valence-corrected chi connectivity index (χ1v) is 12.4. The quantitative estimate of drug-likeness (QED) is 0.312. The fraction of sp³-hybridized carbons (Fsp3) is 0.462. The standard InChI is InChI=1S/C26H33N5O4/c1-2-3-4-5-6-7-8-9-17-33-20-15-13-19(14-16-20)26(32)27-21-11-10-12-22-24(21)35-23(18-34-22)25-28-30-31-29-25/h10-16,23H,2-9,17-18H2,1H3,(H,27,32)(H,28,29,30,31). The minimum absolute atomic E-state index is 0.252. The first-order chi connectivity index (χ1) is 17.2. The molecule has 2 heterocycles. The molecule has 9 nitrogen and oxygen atoms in total. The molecule has 3 aromatic rings. The molecule has 1 aliphatic rings. The lowest BCUT2D eigenvalue weighted by molar-refractivity contribution is 0.0856. The third-order valence-corrected chi connectivity index (χ3v) is 5.91. The van der Waals surface area contributed by atoms with Gasteiger partial charge in [0.15, 0.2) is 17.6 Å². The van der Waals surface area contributed by atoms with Crippen LogP contribution in [0.4, 0.5) is 5.69 Å². The molecular weight excluding hydrogens is 446 g/mol. The van der Waals surface area contributed by atoms with Crippen molar-refractivity contribution < 1.29 is 19.0 Å². The van der Waals surface area contributed by atoms with Crippen molar-refractivity contribution in [2.24, 2.45) is 0 Å². The van der Waals surface area contributed by atoms with Crippen molar-refractivity contribution in [2.45, 2.75) is 64.4 Å². The smallest absolute Gasteiger partial charge is 0.255 e. The van der Waals surface area contributed by atoms with Crippen LogP contribution in [0, 0.1) is 0 Å². The molecule has 35 heavy (non-hydrogen) atoms. The number of aromatic amines is 1. The zero-order chi connectivity index (χ0) is 24.3. The normalized spacial score (nSPS) is 14.5. The Morgan fingerprint density at radius 1 is 1.06 bits per heavy atom. The molecule has 0 bridgehead atoms. The van der Waals surface area contributed by atoms with Gasteiger partial charge in [0.2, 0.25) is 5.82 Å². The summed E-state index contributed by atoms with van der Waals surface area (Å²) in [6.07, 6.45) is 9.60. The van der Waals surface area contributed by atoms with E-state index in [1.165, 1.54) is 44.9 Å². The van der Waals surface area contributed by atoms with E-state index in [4.69, 9.17) is 14.2 Å². The van der Waals surface area contributed by atoms with Crippen LogP contribution in [-0.2, 0) is 0 Å². The van der Waals surface area contributed by atoms with E-state index in [2.05, 4.69) is 32.9 Å². The summed E-state index contributed by atoms with van der Waals surface area (Å²) in [6, 6.07) is 12.5. The number of aromatic nitrogens is 4. The molecule has 0 saturated heterocycles. The number of rotatable bonds is 13. The van der Waals surface area contributed by atoms with Gasteiger partial charge in [0.1, 0.15) is 12.4 Å². The third kappa shape index (κ3) is 6.94. The Kier molecular flexibility index (Phi) is 8.91. The van der Waals surface area contributed by atoms with Gasteiger partial charge in [-0.05, 0) is 42.8 Å². The number of benzene rings is 2. The van der Waals surface area contributed by atoms with Crippen LogP contribution in [-0.4, -0.2) is 39.7 Å². The van der Waals surface area contributed by atoms with Gasteiger partial charge in [-0.15, -0.1) is 10.2 Å². The Morgan fingerprint density at radius 2 is 1.83 bits per heavy atom. The maximum absolute atomic E-state index is 12.9. The van der Waals surface area contributed by atoms with Crippen LogP contribution in [0.5, 0.6) is 17.2 Å². The van der Waals surface area contributed by atoms with Crippen molar-refractivity contribution in [3.63, 3.8) is 0 Å². The number of H-pyrrole nitrogens is 1. The molecule has 9 heteroatoms. The number of unbranched alkanes of at least 4 members (excludes halogenated alkanes) is 7. The average molecular weight is 480 g/mol. The average Bonchev–Trinajstić information content (AvgIpc) is 3.43. The molecule has 1 aromatic heterocycles. The highest BCUT2D eigenvalue weighted by molar-refractivity contribution is 6.05. The Bertz CT molecular complexity index is 1060. The lowest BCUT2D eigenvalue weighted by Gasteiger charge is -2.26. The summed E-state index contributed by atoms with van der Waals surface area (Å²) in [5.74, 6) is 1.89. The lowest BCUT2D eigenvalue weighted by Crippen LogP contribution is -2.24. The highest BCUT2D eigenvalue weighted by atomic mass is 16.6. The largest absolute Gasteiger partial charge is 0.494 e. The predicted octanol–water partition coefficient (Wildman–Crippen LogP) is 5.48. The van der Waals surface area contributed by atoms with Crippen molar-refractivity contribution in [3.8, 4) is 17.2 Å². The molecule has 2 N–H and O–H groups in total. The van der Waals surface area contributed by atoms with E-state index in [1.807, 2.05) is 12.1 Å². The van der Waals surface area contributed by atoms with Crippen LogP contribution < -0.4 is 19.5 Å². The summed E-state index contributed by atoms with van der Waals surface area (Å²) in [5, 5.41) is 16.8. The molecule has 1 amide bonds. The van der Waals surface area contributed by atoms with Crippen LogP contribution in [0.15, 0.2) is 42.5 Å². The van der Waals surface area contributed by atoms with Gasteiger partial charge >= 0.3 is 0 Å². The highest BCUT2D eigenvalue weighted by Crippen LogP contribution is 2.41. The number of carbonyl (C=O) groups excluding carboxylic acids is 1. The van der Waals surface area contributed by atoms with Gasteiger partial charge in [0.05, 0.1) is 12.3 Å². The summed E-state index contributed by atoms with van der Waals surface area (Å²) in [4.78, 5) is 12.9. The molecule has 0 aliphatic carbocycles. The van der Waals surface area contributed by atoms with Gasteiger partial charge in [-0.3, -0.25) is 4.79 Å². The maximum Gasteiger partial charge on any atom is 0.255 e. The summed E-state index contributed by atoms with van der Waals surface area (Å²) < 4.78 is 17.6. The second-order valence-corrected chi connectivity index (χ2v) is 8.62. The molecule has 0 spiro atoms. The zero-order valence-electron chi connectivity index (χ0n) is 20.2. The number of tetrazole rings is 1. The van der Waals surface area contributed by atoms with Crippen LogP contribution in [0.2, 0.25) is 0 Å². The van der Waals surface area contributed by atoms with Crippen molar-refractivity contribution >= 4 is 11.6 Å². The summed E-state index contributed by atoms with van der Waals surface area (Å²) >= 11 is 0. The second-order valence-electron chi connectivity index (χ2n) is 8.62. The molecule has 0 saturated carbocycles. The number of anilines is 1. The summed E-state index contributed by atoms with van der Waals surface area (Å²) in [7, 11) is 0. The summed E-state index contributed by atoms with van der Waals surface area (Å²) in [5.41, 5.74) is 1.03. The number of nitrogens with one attached hydrogen (secondary N) is 2. The van der Waals surface area contributed by atoms with E-state index in [9.17, 15) is 4.79 Å². The van der Waals surface area contributed by atoms with Gasteiger partial charge in [0.25, 0.3) is 5.91 Å². The highest BCUT2D eigenvalue weighted by Gasteiger charge is 2.28. The molecule has 1 atom stereocenters. The number of para-hydroxylation sites is 1. The van der Waals surface area contributed by atoms with E-state index < -0.39 is 6.10 Å². The van der Waals surface area contributed by atoms with Crippen molar-refractivity contribution in [1.29, 1.82) is 0 Å². The van der Waals surface area contributed by atoms with Crippen molar-refractivity contribution in [1.82, 2.24) is 20.6 Å². The van der Waals surface area contributed by atoms with Gasteiger partial charge in [-0.25, -0.2) is 0 Å². The van der Waals surface area contributed by atoms with Gasteiger partial charge < -0.3 is 19.5 Å². The number of amides is 1. The molecule has 4 rings (SSSR count). The SMILES string of the molecule is CCCCCCCCCCOc1ccc(C(=O)Nc2cccc3c2OC(c2nn[nH]n2)CO3)cc1. The molecule has 186 valence electrons. The first-order valence-electron chi connectivity index (χ1n) is 12.4. The van der Waals surface area contributed by atoms with E-state index >= 15 is 0 Å². The minimum atomic E-state index is -0.517. The van der Waals surface area contributed by atoms with E-state index in [1.54, 1.807) is 30.3 Å². The number of fused-ring (bicyclic) bond motifs is 1. The van der Waals surface area contributed by atoms with Crippen LogP contribution >= 0.6 is 0 Å². The maximum atomic E-state index is 12.9. The van der Waals surface area contributed by atoms with E-state index in [0.29, 0.717) is 35.2 Å². The molecule has 2 aromatic carbocycles. The number of carbonyl (C=O) groups is 1. The molecular formula is C26H33N5O4. The van der Waals surface area contributed by atoms with E-state index in [-0.39, 0.29) is 12.5 Å². The number of hydrogen-bond donors (Lipinski definition) is 2. The van der Waals surface area contributed by atoms with Gasteiger partial charge in [-0.2, -0.15) is 5.21 Å². The third-order valence-electron chi connectivity index (χ3n) is 5.91. The number of nitrogens with zero attached hydrogens (tertiary/aromatic N) is 3. The molecule has 0 fully saturated rings. The summed E-state index contributed by atoms with van der Waals surface area (Å²) in [6.45, 7) is 3.19. The predicted molar refractivity (Wildman–Crippen MR) is 132 cm³/mol. The second kappa shape index (κ2) is 12.7. The molecule has 0 radical (unpaired) electrons. The Hall–Kier alpha value is -3.62. The fourth-order valence-electron chi connectivity index (χ4n) is 3.95. The Morgan fingerprint density at radius 3 is 2.57 bits per heavy atom. The molecule has 1 unspecified atom stereocenters. The number of hydrogen-bond acceptors (Lipinski definition) is 7. The molecule has 1 aliphatic heterocycles. The topological polar surface area (TPSA) is 111 Å². The zero-order valence-corrected chi connectivity index (χ0v) is 20.2. The Labute approximate surface area is 205 Å². The van der Waals surface area contributed by atoms with Gasteiger partial charge in [0, 0.05) is 5.56 Å².